The second-order valence-corrected chi connectivity index (χ2v) is 7.62. The van der Waals surface area contributed by atoms with Gasteiger partial charge in [0.1, 0.15) is 0 Å². The van der Waals surface area contributed by atoms with Gasteiger partial charge in [0.05, 0.1) is 0 Å². The highest BCUT2D eigenvalue weighted by molar-refractivity contribution is 7.99. The Bertz CT molecular complexity index is 376. The van der Waals surface area contributed by atoms with Gasteiger partial charge in [0.2, 0.25) is 0 Å². The van der Waals surface area contributed by atoms with Crippen molar-refractivity contribution >= 4 is 11.8 Å². The van der Waals surface area contributed by atoms with Gasteiger partial charge in [-0.05, 0) is 49.0 Å². The second kappa shape index (κ2) is 8.09. The van der Waals surface area contributed by atoms with Crippen LogP contribution in [0.15, 0.2) is 30.3 Å². The van der Waals surface area contributed by atoms with Crippen molar-refractivity contribution in [3.05, 3.63) is 35.9 Å². The average molecular weight is 292 g/mol. The molecule has 112 valence electrons. The van der Waals surface area contributed by atoms with Gasteiger partial charge in [-0.25, -0.2) is 0 Å². The summed E-state index contributed by atoms with van der Waals surface area (Å²) in [7, 11) is 0. The summed E-state index contributed by atoms with van der Waals surface area (Å²) in [5.74, 6) is 2.84. The minimum atomic E-state index is 0.712. The van der Waals surface area contributed by atoms with E-state index in [-0.39, 0.29) is 0 Å². The minimum Gasteiger partial charge on any atom is -0.313 e. The molecule has 0 heterocycles. The van der Waals surface area contributed by atoms with E-state index < -0.39 is 0 Å². The fourth-order valence-electron chi connectivity index (χ4n) is 3.15. The molecule has 2 heteroatoms. The van der Waals surface area contributed by atoms with Crippen molar-refractivity contribution in [1.82, 2.24) is 5.32 Å². The number of hydrogen-bond donors (Lipinski definition) is 1. The Hall–Kier alpha value is -0.470. The summed E-state index contributed by atoms with van der Waals surface area (Å²) < 4.78 is 0. The number of nitrogens with one attached hydrogen (secondary N) is 1. The first kappa shape index (κ1) is 15.9. The predicted octanol–water partition coefficient (Wildman–Crippen LogP) is 4.69. The molecule has 1 aliphatic rings. The maximum Gasteiger partial charge on any atom is 0.0207 e. The predicted molar refractivity (Wildman–Crippen MR) is 91.6 cm³/mol. The first-order valence-electron chi connectivity index (χ1n) is 8.10. The molecule has 0 radical (unpaired) electrons. The lowest BCUT2D eigenvalue weighted by Crippen LogP contribution is -2.42. The van der Waals surface area contributed by atoms with Gasteiger partial charge in [-0.15, -0.1) is 0 Å². The second-order valence-electron chi connectivity index (χ2n) is 6.35. The van der Waals surface area contributed by atoms with E-state index in [2.05, 4.69) is 68.2 Å². The number of rotatable bonds is 6. The van der Waals surface area contributed by atoms with Crippen molar-refractivity contribution < 1.29 is 0 Å². The van der Waals surface area contributed by atoms with Crippen molar-refractivity contribution in [2.24, 2.45) is 5.92 Å². The standard InChI is InChI=1S/C18H29NS/c1-4-19-17-11-10-16(15-8-6-5-7-9-15)12-18(17)20-13-14(2)3/h5-9,14,16-19H,4,10-13H2,1-3H3. The Morgan fingerprint density at radius 2 is 1.95 bits per heavy atom. The van der Waals surface area contributed by atoms with Crippen LogP contribution in [0.4, 0.5) is 0 Å². The molecule has 0 bridgehead atoms. The number of benzene rings is 1. The molecule has 0 aliphatic heterocycles. The van der Waals surface area contributed by atoms with Crippen LogP contribution in [0.2, 0.25) is 0 Å². The fraction of sp³-hybridized carbons (Fsp3) is 0.667. The van der Waals surface area contributed by atoms with Gasteiger partial charge in [0, 0.05) is 11.3 Å². The number of thioether (sulfide) groups is 1. The van der Waals surface area contributed by atoms with E-state index in [0.29, 0.717) is 6.04 Å². The minimum absolute atomic E-state index is 0.712. The molecule has 3 atom stereocenters. The third-order valence-electron chi connectivity index (χ3n) is 4.17. The molecule has 2 rings (SSSR count). The molecule has 1 nitrogen and oxygen atoms in total. The molecule has 1 saturated carbocycles. The average Bonchev–Trinajstić information content (AvgIpc) is 2.47. The van der Waals surface area contributed by atoms with E-state index in [0.717, 1.165) is 23.6 Å². The Morgan fingerprint density at radius 3 is 2.60 bits per heavy atom. The molecule has 3 unspecified atom stereocenters. The zero-order valence-electron chi connectivity index (χ0n) is 13.1. The monoisotopic (exact) mass is 291 g/mol. The Kier molecular flexibility index (Phi) is 6.44. The summed E-state index contributed by atoms with van der Waals surface area (Å²) in [6, 6.07) is 11.8. The maximum atomic E-state index is 3.71. The van der Waals surface area contributed by atoms with E-state index in [1.54, 1.807) is 0 Å². The van der Waals surface area contributed by atoms with Gasteiger partial charge in [-0.3, -0.25) is 0 Å². The molecular weight excluding hydrogens is 262 g/mol. The lowest BCUT2D eigenvalue weighted by atomic mass is 9.81. The number of hydrogen-bond acceptors (Lipinski definition) is 2. The molecule has 1 aromatic carbocycles. The van der Waals surface area contributed by atoms with Gasteiger partial charge in [-0.2, -0.15) is 11.8 Å². The quantitative estimate of drug-likeness (QED) is 0.816. The van der Waals surface area contributed by atoms with Crippen LogP contribution in [0.1, 0.15) is 51.5 Å². The SMILES string of the molecule is CCNC1CCC(c2ccccc2)CC1SCC(C)C. The zero-order valence-corrected chi connectivity index (χ0v) is 14.0. The van der Waals surface area contributed by atoms with Crippen molar-refractivity contribution in [1.29, 1.82) is 0 Å². The molecule has 0 amide bonds. The van der Waals surface area contributed by atoms with Gasteiger partial charge in [0.15, 0.2) is 0 Å². The molecule has 1 aromatic rings. The summed E-state index contributed by atoms with van der Waals surface area (Å²) >= 11 is 2.19. The van der Waals surface area contributed by atoms with Gasteiger partial charge in [0.25, 0.3) is 0 Å². The van der Waals surface area contributed by atoms with Crippen molar-refractivity contribution in [3.63, 3.8) is 0 Å². The Labute approximate surface area is 128 Å². The molecule has 1 N–H and O–H groups in total. The van der Waals surface area contributed by atoms with E-state index in [1.807, 2.05) is 0 Å². The summed E-state index contributed by atoms with van der Waals surface area (Å²) in [5, 5.41) is 4.48. The molecule has 0 aromatic heterocycles. The first-order valence-corrected chi connectivity index (χ1v) is 9.15. The van der Waals surface area contributed by atoms with Gasteiger partial charge < -0.3 is 5.32 Å². The van der Waals surface area contributed by atoms with Crippen LogP contribution >= 0.6 is 11.8 Å². The summed E-state index contributed by atoms with van der Waals surface area (Å²) in [4.78, 5) is 0. The van der Waals surface area contributed by atoms with Crippen molar-refractivity contribution in [2.75, 3.05) is 12.3 Å². The molecule has 1 aliphatic carbocycles. The van der Waals surface area contributed by atoms with Gasteiger partial charge >= 0.3 is 0 Å². The lowest BCUT2D eigenvalue weighted by Gasteiger charge is -2.37. The zero-order chi connectivity index (χ0) is 14.4. The van der Waals surface area contributed by atoms with Crippen LogP contribution in [-0.4, -0.2) is 23.6 Å². The van der Waals surface area contributed by atoms with E-state index in [4.69, 9.17) is 0 Å². The largest absolute Gasteiger partial charge is 0.313 e. The summed E-state index contributed by atoms with van der Waals surface area (Å²) in [6.45, 7) is 7.98. The maximum absolute atomic E-state index is 3.71. The molecule has 0 saturated heterocycles. The van der Waals surface area contributed by atoms with Crippen LogP contribution < -0.4 is 5.32 Å². The molecule has 20 heavy (non-hydrogen) atoms. The Balaban J connectivity index is 1.99. The van der Waals surface area contributed by atoms with Gasteiger partial charge in [-0.1, -0.05) is 51.1 Å². The van der Waals surface area contributed by atoms with Crippen LogP contribution in [0.5, 0.6) is 0 Å². The fourth-order valence-corrected chi connectivity index (χ4v) is 4.62. The van der Waals surface area contributed by atoms with Crippen LogP contribution in [0, 0.1) is 5.92 Å². The summed E-state index contributed by atoms with van der Waals surface area (Å²) in [6.07, 6.45) is 3.99. The topological polar surface area (TPSA) is 12.0 Å². The normalized spacial score (nSPS) is 26.9. The molecular formula is C18H29NS. The van der Waals surface area contributed by atoms with Crippen LogP contribution in [-0.2, 0) is 0 Å². The van der Waals surface area contributed by atoms with Crippen LogP contribution in [0.3, 0.4) is 0 Å². The van der Waals surface area contributed by atoms with E-state index in [1.165, 1.54) is 30.6 Å². The van der Waals surface area contributed by atoms with E-state index >= 15 is 0 Å². The lowest BCUT2D eigenvalue weighted by molar-refractivity contribution is 0.357. The van der Waals surface area contributed by atoms with Crippen molar-refractivity contribution in [2.45, 2.75) is 57.2 Å². The Morgan fingerprint density at radius 1 is 1.20 bits per heavy atom. The summed E-state index contributed by atoms with van der Waals surface area (Å²) in [5.41, 5.74) is 1.54. The highest BCUT2D eigenvalue weighted by Gasteiger charge is 2.30. The third kappa shape index (κ3) is 4.53. The highest BCUT2D eigenvalue weighted by Crippen LogP contribution is 2.38. The van der Waals surface area contributed by atoms with Crippen LogP contribution in [0.25, 0.3) is 0 Å². The third-order valence-corrected chi connectivity index (χ3v) is 5.98. The first-order chi connectivity index (χ1) is 9.70. The highest BCUT2D eigenvalue weighted by atomic mass is 32.2. The molecule has 1 fully saturated rings. The molecule has 0 spiro atoms. The smallest absolute Gasteiger partial charge is 0.0207 e. The van der Waals surface area contributed by atoms with Crippen molar-refractivity contribution in [3.8, 4) is 0 Å². The van der Waals surface area contributed by atoms with E-state index in [9.17, 15) is 0 Å².